The highest BCUT2D eigenvalue weighted by Crippen LogP contribution is 2.37. The molecule has 1 aromatic heterocycles. The molecule has 2 atom stereocenters. The number of hydrogen-bond donors (Lipinski definition) is 1. The fourth-order valence-corrected chi connectivity index (χ4v) is 3.22. The van der Waals surface area contributed by atoms with E-state index in [0.29, 0.717) is 16.9 Å². The summed E-state index contributed by atoms with van der Waals surface area (Å²) in [6, 6.07) is 2.47. The second-order valence-electron chi connectivity index (χ2n) is 4.93. The van der Waals surface area contributed by atoms with Crippen molar-refractivity contribution in [2.75, 3.05) is 13.7 Å². The molecule has 18 heavy (non-hydrogen) atoms. The average molecular weight is 265 g/mol. The highest BCUT2D eigenvalue weighted by molar-refractivity contribution is 6.30. The molecule has 4 heteroatoms. The van der Waals surface area contributed by atoms with Crippen LogP contribution >= 0.6 is 11.6 Å². The van der Waals surface area contributed by atoms with Gasteiger partial charge in [-0.3, -0.25) is 0 Å². The quantitative estimate of drug-likeness (QED) is 0.834. The number of fused-ring (bicyclic) bond motifs is 1. The van der Waals surface area contributed by atoms with Gasteiger partial charge in [-0.25, -0.2) is 4.98 Å². The molecule has 0 spiro atoms. The molecular weight excluding hydrogens is 248 g/mol. The summed E-state index contributed by atoms with van der Waals surface area (Å²) >= 11 is 5.98. The normalized spacial score (nSPS) is 26.7. The topological polar surface area (TPSA) is 34.1 Å². The summed E-state index contributed by atoms with van der Waals surface area (Å²) in [4.78, 5) is 4.21. The van der Waals surface area contributed by atoms with E-state index in [4.69, 9.17) is 16.3 Å². The van der Waals surface area contributed by atoms with Crippen LogP contribution in [0, 0.1) is 5.92 Å². The van der Waals surface area contributed by atoms with Gasteiger partial charge in [-0.1, -0.05) is 17.7 Å². The van der Waals surface area contributed by atoms with Crippen molar-refractivity contribution in [2.24, 2.45) is 5.92 Å². The molecule has 96 valence electrons. The van der Waals surface area contributed by atoms with Gasteiger partial charge >= 0.3 is 0 Å². The zero-order valence-corrected chi connectivity index (χ0v) is 11.2. The predicted molar refractivity (Wildman–Crippen MR) is 72.9 cm³/mol. The lowest BCUT2D eigenvalue weighted by molar-refractivity contribution is 0.412. The van der Waals surface area contributed by atoms with Crippen molar-refractivity contribution in [2.45, 2.75) is 25.3 Å². The number of halogens is 1. The van der Waals surface area contributed by atoms with E-state index in [1.165, 1.54) is 18.4 Å². The molecule has 0 bridgehead atoms. The zero-order chi connectivity index (χ0) is 12.5. The number of pyridine rings is 1. The van der Waals surface area contributed by atoms with Crippen molar-refractivity contribution in [3.8, 4) is 5.75 Å². The molecule has 0 amide bonds. The van der Waals surface area contributed by atoms with E-state index in [2.05, 4.69) is 16.4 Å². The summed E-state index contributed by atoms with van der Waals surface area (Å²) in [6.07, 6.45) is 7.89. The van der Waals surface area contributed by atoms with Crippen molar-refractivity contribution in [1.29, 1.82) is 0 Å². The largest absolute Gasteiger partial charge is 0.494 e. The van der Waals surface area contributed by atoms with E-state index < -0.39 is 0 Å². The average Bonchev–Trinajstić information content (AvgIpc) is 2.87. The lowest BCUT2D eigenvalue weighted by Crippen LogP contribution is -2.30. The summed E-state index contributed by atoms with van der Waals surface area (Å²) in [5, 5.41) is 4.01. The van der Waals surface area contributed by atoms with E-state index in [1.54, 1.807) is 7.11 Å². The van der Waals surface area contributed by atoms with Gasteiger partial charge in [0.1, 0.15) is 0 Å². The van der Waals surface area contributed by atoms with E-state index in [-0.39, 0.29) is 0 Å². The van der Waals surface area contributed by atoms with Crippen molar-refractivity contribution >= 4 is 17.2 Å². The maximum absolute atomic E-state index is 5.98. The highest BCUT2D eigenvalue weighted by atomic mass is 35.5. The molecule has 3 nitrogen and oxygen atoms in total. The fraction of sp³-hybridized carbons (Fsp3) is 0.500. The molecule has 2 heterocycles. The van der Waals surface area contributed by atoms with Gasteiger partial charge in [0, 0.05) is 17.8 Å². The third-order valence-electron chi connectivity index (χ3n) is 3.95. The molecule has 1 aromatic rings. The van der Waals surface area contributed by atoms with Gasteiger partial charge < -0.3 is 10.1 Å². The lowest BCUT2D eigenvalue weighted by atomic mass is 9.82. The second kappa shape index (κ2) is 4.90. The maximum Gasteiger partial charge on any atom is 0.171 e. The summed E-state index contributed by atoms with van der Waals surface area (Å²) < 4.78 is 5.25. The number of rotatable bonds is 2. The van der Waals surface area contributed by atoms with E-state index >= 15 is 0 Å². The Bertz CT molecular complexity index is 487. The van der Waals surface area contributed by atoms with Crippen LogP contribution in [0.1, 0.15) is 24.8 Å². The van der Waals surface area contributed by atoms with Gasteiger partial charge in [-0.15, -0.1) is 0 Å². The smallest absolute Gasteiger partial charge is 0.171 e. The Kier molecular flexibility index (Phi) is 3.27. The monoisotopic (exact) mass is 264 g/mol. The summed E-state index contributed by atoms with van der Waals surface area (Å²) in [6.45, 7) is 1.12. The Morgan fingerprint density at radius 3 is 3.17 bits per heavy atom. The molecule has 1 aliphatic carbocycles. The first-order chi connectivity index (χ1) is 8.79. The van der Waals surface area contributed by atoms with Crippen LogP contribution in [-0.4, -0.2) is 24.7 Å². The molecule has 1 fully saturated rings. The highest BCUT2D eigenvalue weighted by Gasteiger charge is 2.32. The number of hydrogen-bond acceptors (Lipinski definition) is 3. The van der Waals surface area contributed by atoms with Gasteiger partial charge in [-0.2, -0.15) is 0 Å². The van der Waals surface area contributed by atoms with Gasteiger partial charge in [0.2, 0.25) is 0 Å². The lowest BCUT2D eigenvalue weighted by Gasteiger charge is -2.27. The number of nitrogens with zero attached hydrogens (tertiary/aromatic N) is 1. The third kappa shape index (κ3) is 2.02. The van der Waals surface area contributed by atoms with E-state index in [1.807, 2.05) is 12.3 Å². The van der Waals surface area contributed by atoms with Gasteiger partial charge in [0.05, 0.1) is 7.11 Å². The van der Waals surface area contributed by atoms with Crippen LogP contribution < -0.4 is 10.1 Å². The number of ether oxygens (including phenoxy) is 1. The van der Waals surface area contributed by atoms with Crippen LogP contribution in [-0.2, 0) is 0 Å². The SMILES string of the molecule is COc1cc(C2=CCC[C@H]3CCN[C@@H]23)cnc1Cl. The van der Waals surface area contributed by atoms with E-state index in [9.17, 15) is 0 Å². The Morgan fingerprint density at radius 1 is 1.44 bits per heavy atom. The second-order valence-corrected chi connectivity index (χ2v) is 5.29. The molecule has 2 aliphatic rings. The molecule has 0 radical (unpaired) electrons. The summed E-state index contributed by atoms with van der Waals surface area (Å²) in [5.74, 6) is 1.42. The third-order valence-corrected chi connectivity index (χ3v) is 4.23. The Labute approximate surface area is 112 Å². The predicted octanol–water partition coefficient (Wildman–Crippen LogP) is 2.90. The molecule has 1 N–H and O–H groups in total. The first kappa shape index (κ1) is 12.0. The fourth-order valence-electron chi connectivity index (χ4n) is 3.04. The number of nitrogens with one attached hydrogen (secondary N) is 1. The number of allylic oxidation sites excluding steroid dienone is 1. The van der Waals surface area contributed by atoms with Crippen LogP contribution in [0.15, 0.2) is 18.3 Å². The Morgan fingerprint density at radius 2 is 2.33 bits per heavy atom. The van der Waals surface area contributed by atoms with Crippen molar-refractivity contribution in [3.63, 3.8) is 0 Å². The van der Waals surface area contributed by atoms with Crippen molar-refractivity contribution < 1.29 is 4.74 Å². The molecular formula is C14H17ClN2O. The Balaban J connectivity index is 1.96. The number of methoxy groups -OCH3 is 1. The van der Waals surface area contributed by atoms with Crippen LogP contribution in [0.25, 0.3) is 5.57 Å². The molecule has 3 rings (SSSR count). The number of aromatic nitrogens is 1. The molecule has 1 aliphatic heterocycles. The minimum absolute atomic E-state index is 0.425. The molecule has 0 saturated carbocycles. The van der Waals surface area contributed by atoms with Crippen molar-refractivity contribution in [3.05, 3.63) is 29.1 Å². The van der Waals surface area contributed by atoms with Crippen molar-refractivity contribution in [1.82, 2.24) is 10.3 Å². The van der Waals surface area contributed by atoms with Gasteiger partial charge in [0.15, 0.2) is 10.9 Å². The molecule has 0 unspecified atom stereocenters. The molecule has 0 aromatic carbocycles. The summed E-state index contributed by atoms with van der Waals surface area (Å²) in [5.41, 5.74) is 2.48. The maximum atomic E-state index is 5.98. The summed E-state index contributed by atoms with van der Waals surface area (Å²) in [7, 11) is 1.62. The van der Waals surface area contributed by atoms with E-state index in [0.717, 1.165) is 24.4 Å². The van der Waals surface area contributed by atoms with Crippen LogP contribution in [0.2, 0.25) is 5.15 Å². The molecule has 1 saturated heterocycles. The van der Waals surface area contributed by atoms with Crippen LogP contribution in [0.3, 0.4) is 0 Å². The minimum atomic E-state index is 0.425. The van der Waals surface area contributed by atoms with Crippen LogP contribution in [0.5, 0.6) is 5.75 Å². The first-order valence-corrected chi connectivity index (χ1v) is 6.80. The first-order valence-electron chi connectivity index (χ1n) is 6.43. The van der Waals surface area contributed by atoms with Gasteiger partial charge in [0.25, 0.3) is 0 Å². The zero-order valence-electron chi connectivity index (χ0n) is 10.4. The Hall–Kier alpha value is -1.06. The van der Waals surface area contributed by atoms with Crippen LogP contribution in [0.4, 0.5) is 0 Å². The van der Waals surface area contributed by atoms with Gasteiger partial charge in [-0.05, 0) is 43.4 Å². The minimum Gasteiger partial charge on any atom is -0.494 e. The standard InChI is InChI=1S/C14H17ClN2O/c1-18-12-7-10(8-17-14(12)15)11-4-2-3-9-5-6-16-13(9)11/h4,7-9,13,16H,2-3,5-6H2,1H3/t9-,13+/m0/s1.